The zero-order valence-corrected chi connectivity index (χ0v) is 24.4. The molecule has 0 saturated heterocycles. The molecule has 0 fully saturated rings. The molecule has 2 amide bonds. The number of benzene rings is 3. The van der Waals surface area contributed by atoms with Gasteiger partial charge in [0.05, 0.1) is 12.1 Å². The largest absolute Gasteiger partial charge is 0.449 e. The molecular weight excluding hydrogens is 521 g/mol. The Bertz CT molecular complexity index is 1290. The lowest BCUT2D eigenvalue weighted by Gasteiger charge is -2.26. The molecule has 0 spiro atoms. The summed E-state index contributed by atoms with van der Waals surface area (Å²) in [5, 5.41) is 3.96. The molecule has 3 aromatic rings. The summed E-state index contributed by atoms with van der Waals surface area (Å²) in [5.74, 6) is -0.317. The number of hydroxylamine groups is 2. The van der Waals surface area contributed by atoms with Crippen molar-refractivity contribution in [2.45, 2.75) is 51.7 Å². The third-order valence-corrected chi connectivity index (χ3v) is 7.06. The lowest BCUT2D eigenvalue weighted by molar-refractivity contribution is -0.220. The number of nitrogens with one attached hydrogen (secondary N) is 1. The summed E-state index contributed by atoms with van der Waals surface area (Å²) < 4.78 is 20.3. The van der Waals surface area contributed by atoms with Crippen LogP contribution in [0, 0.1) is 5.82 Å². The Balaban J connectivity index is 1.15. The molecule has 0 unspecified atom stereocenters. The van der Waals surface area contributed by atoms with Crippen molar-refractivity contribution in [1.29, 1.82) is 0 Å². The fourth-order valence-electron chi connectivity index (χ4n) is 5.15. The van der Waals surface area contributed by atoms with Gasteiger partial charge in [-0.05, 0) is 81.1 Å². The average molecular weight is 562 g/mol. The number of hydrogen-bond acceptors (Lipinski definition) is 5. The topological polar surface area (TPSA) is 71.1 Å². The van der Waals surface area contributed by atoms with Gasteiger partial charge in [-0.1, -0.05) is 60.7 Å². The number of hydrogen-bond donors (Lipinski definition) is 1. The summed E-state index contributed by atoms with van der Waals surface area (Å²) in [6.07, 6.45) is 1.71. The number of nitrogens with zero attached hydrogens (tertiary/aromatic N) is 2. The zero-order chi connectivity index (χ0) is 29.4. The number of rotatable bonds is 13. The number of aryl methyl sites for hydroxylation is 1. The zero-order valence-electron chi connectivity index (χ0n) is 24.4. The number of halogens is 1. The van der Waals surface area contributed by atoms with Gasteiger partial charge >= 0.3 is 6.09 Å². The van der Waals surface area contributed by atoms with Crippen LogP contribution in [0.3, 0.4) is 0 Å². The van der Waals surface area contributed by atoms with E-state index in [1.165, 1.54) is 28.3 Å². The van der Waals surface area contributed by atoms with Crippen LogP contribution in [0.4, 0.5) is 9.18 Å². The molecule has 0 aliphatic heterocycles. The van der Waals surface area contributed by atoms with Crippen molar-refractivity contribution in [3.8, 4) is 11.1 Å². The number of alkyl carbamates (subject to hydrolysis) is 1. The lowest BCUT2D eigenvalue weighted by Crippen LogP contribution is -2.34. The van der Waals surface area contributed by atoms with Gasteiger partial charge in [0.25, 0.3) is 0 Å². The number of fused-ring (bicyclic) bond motifs is 3. The van der Waals surface area contributed by atoms with Crippen molar-refractivity contribution >= 4 is 12.5 Å². The van der Waals surface area contributed by atoms with Gasteiger partial charge in [-0.2, -0.15) is 0 Å². The highest BCUT2D eigenvalue weighted by molar-refractivity contribution is 5.79. The van der Waals surface area contributed by atoms with Crippen LogP contribution in [0.5, 0.6) is 0 Å². The Kier molecular flexibility index (Phi) is 10.1. The predicted molar refractivity (Wildman–Crippen MR) is 158 cm³/mol. The minimum Gasteiger partial charge on any atom is -0.449 e. The fourth-order valence-corrected chi connectivity index (χ4v) is 5.15. The fraction of sp³-hybridized carbons (Fsp3) is 0.394. The van der Waals surface area contributed by atoms with E-state index >= 15 is 0 Å². The van der Waals surface area contributed by atoms with E-state index in [1.54, 1.807) is 6.07 Å². The molecule has 3 aromatic carbocycles. The van der Waals surface area contributed by atoms with E-state index in [0.29, 0.717) is 31.7 Å². The van der Waals surface area contributed by atoms with Gasteiger partial charge in [-0.25, -0.2) is 14.2 Å². The summed E-state index contributed by atoms with van der Waals surface area (Å²) in [6, 6.07) is 21.6. The van der Waals surface area contributed by atoms with Crippen LogP contribution < -0.4 is 5.32 Å². The summed E-state index contributed by atoms with van der Waals surface area (Å²) in [7, 11) is 1.99. The SMILES string of the molecule is CN(CCCc1ccc(CN(C=O)OC(C)(C)C)c(F)c1)CCNC(=O)OCC1c2ccccc2-c2ccccc21. The van der Waals surface area contributed by atoms with E-state index < -0.39 is 11.7 Å². The molecule has 1 aliphatic carbocycles. The van der Waals surface area contributed by atoms with Gasteiger partial charge in [-0.15, -0.1) is 0 Å². The Labute approximate surface area is 242 Å². The molecule has 41 heavy (non-hydrogen) atoms. The van der Waals surface area contributed by atoms with Crippen LogP contribution in [-0.4, -0.2) is 61.4 Å². The molecule has 7 nitrogen and oxygen atoms in total. The lowest BCUT2D eigenvalue weighted by atomic mass is 9.98. The number of amides is 2. The third kappa shape index (κ3) is 8.38. The van der Waals surface area contributed by atoms with Crippen LogP contribution >= 0.6 is 0 Å². The molecule has 0 saturated carbocycles. The van der Waals surface area contributed by atoms with Crippen molar-refractivity contribution in [2.24, 2.45) is 0 Å². The van der Waals surface area contributed by atoms with E-state index in [9.17, 15) is 14.0 Å². The third-order valence-electron chi connectivity index (χ3n) is 7.06. The number of ether oxygens (including phenoxy) is 1. The molecule has 8 heteroatoms. The first-order valence-corrected chi connectivity index (χ1v) is 14.1. The van der Waals surface area contributed by atoms with Crippen LogP contribution in [0.25, 0.3) is 11.1 Å². The van der Waals surface area contributed by atoms with Crippen LogP contribution in [-0.2, 0) is 27.3 Å². The maximum absolute atomic E-state index is 14.7. The van der Waals surface area contributed by atoms with Gasteiger partial charge in [0, 0.05) is 24.6 Å². The number of carbonyl (C=O) groups excluding carboxylic acids is 2. The van der Waals surface area contributed by atoms with Crippen LogP contribution in [0.15, 0.2) is 66.7 Å². The Hall–Kier alpha value is -3.75. The smallest absolute Gasteiger partial charge is 0.407 e. The van der Waals surface area contributed by atoms with Gasteiger partial charge in [0.1, 0.15) is 12.4 Å². The summed E-state index contributed by atoms with van der Waals surface area (Å²) in [5.41, 5.74) is 5.53. The summed E-state index contributed by atoms with van der Waals surface area (Å²) >= 11 is 0. The standard InChI is InChI=1S/C33H40FN3O4/c1-33(2,3)41-37(23-38)21-25-16-15-24(20-31(25)34)10-9-18-36(4)19-17-35-32(39)40-22-30-28-13-7-5-11-26(28)27-12-6-8-14-29(27)30/h5-8,11-16,20,23,30H,9-10,17-19,21-22H2,1-4H3,(H,35,39). The van der Waals surface area contributed by atoms with E-state index in [4.69, 9.17) is 9.57 Å². The first-order valence-electron chi connectivity index (χ1n) is 14.1. The molecule has 0 heterocycles. The van der Waals surface area contributed by atoms with Crippen LogP contribution in [0.2, 0.25) is 0 Å². The molecule has 0 atom stereocenters. The molecule has 218 valence electrons. The normalized spacial score (nSPS) is 12.6. The highest BCUT2D eigenvalue weighted by atomic mass is 19.1. The van der Waals surface area contributed by atoms with Crippen molar-refractivity contribution in [3.63, 3.8) is 0 Å². The number of carbonyl (C=O) groups is 2. The quantitative estimate of drug-likeness (QED) is 0.207. The Morgan fingerprint density at radius 3 is 2.27 bits per heavy atom. The summed E-state index contributed by atoms with van der Waals surface area (Å²) in [4.78, 5) is 31.4. The Morgan fingerprint density at radius 1 is 1.00 bits per heavy atom. The maximum Gasteiger partial charge on any atom is 0.407 e. The van der Waals surface area contributed by atoms with Crippen LogP contribution in [0.1, 0.15) is 55.4 Å². The Morgan fingerprint density at radius 2 is 1.66 bits per heavy atom. The first kappa shape index (κ1) is 30.2. The van der Waals surface area contributed by atoms with Gasteiger partial charge in [0.15, 0.2) is 0 Å². The minimum atomic E-state index is -0.547. The summed E-state index contributed by atoms with van der Waals surface area (Å²) in [6.45, 7) is 7.78. The molecule has 1 aliphatic rings. The highest BCUT2D eigenvalue weighted by Gasteiger charge is 2.29. The molecule has 4 rings (SSSR count). The predicted octanol–water partition coefficient (Wildman–Crippen LogP) is 5.92. The van der Waals surface area contributed by atoms with Gasteiger partial charge < -0.3 is 15.0 Å². The monoisotopic (exact) mass is 561 g/mol. The van der Waals surface area contributed by atoms with Crippen molar-refractivity contribution in [2.75, 3.05) is 33.3 Å². The minimum absolute atomic E-state index is 0.0375. The van der Waals surface area contributed by atoms with E-state index in [0.717, 1.165) is 30.0 Å². The highest BCUT2D eigenvalue weighted by Crippen LogP contribution is 2.44. The average Bonchev–Trinajstić information content (AvgIpc) is 3.25. The van der Waals surface area contributed by atoms with E-state index in [1.807, 2.05) is 58.2 Å². The second-order valence-electron chi connectivity index (χ2n) is 11.5. The molecular formula is C33H40FN3O4. The van der Waals surface area contributed by atoms with Gasteiger partial charge in [0.2, 0.25) is 6.41 Å². The second-order valence-corrected chi connectivity index (χ2v) is 11.5. The van der Waals surface area contributed by atoms with Crippen molar-refractivity contribution in [3.05, 3.63) is 94.8 Å². The van der Waals surface area contributed by atoms with Crippen molar-refractivity contribution in [1.82, 2.24) is 15.3 Å². The van der Waals surface area contributed by atoms with E-state index in [-0.39, 0.29) is 18.3 Å². The molecule has 0 bridgehead atoms. The second kappa shape index (κ2) is 13.7. The molecule has 0 aromatic heterocycles. The maximum atomic E-state index is 14.7. The first-order chi connectivity index (χ1) is 19.6. The molecule has 0 radical (unpaired) electrons. The van der Waals surface area contributed by atoms with Crippen molar-refractivity contribution < 1.29 is 23.6 Å². The van der Waals surface area contributed by atoms with E-state index in [2.05, 4.69) is 34.5 Å². The molecule has 1 N–H and O–H groups in total. The van der Waals surface area contributed by atoms with Gasteiger partial charge in [-0.3, -0.25) is 9.63 Å². The number of likely N-dealkylation sites (N-methyl/N-ethyl adjacent to an activating group) is 1.